The molecule has 0 heterocycles. The Morgan fingerprint density at radius 2 is 1.76 bits per heavy atom. The molecule has 2 aromatic carbocycles. The fourth-order valence-corrected chi connectivity index (χ4v) is 2.17. The normalized spacial score (nSPS) is 10.4. The van der Waals surface area contributed by atoms with Crippen LogP contribution in [-0.2, 0) is 16.1 Å². The number of ether oxygens (including phenoxy) is 1. The van der Waals surface area contributed by atoms with Gasteiger partial charge in [-0.3, -0.25) is 9.59 Å². The summed E-state index contributed by atoms with van der Waals surface area (Å²) in [6.07, 6.45) is 0. The van der Waals surface area contributed by atoms with Crippen molar-refractivity contribution in [2.75, 3.05) is 11.9 Å². The summed E-state index contributed by atoms with van der Waals surface area (Å²) in [4.78, 5) is 23.8. The van der Waals surface area contributed by atoms with Crippen molar-refractivity contribution in [3.63, 3.8) is 0 Å². The molecule has 2 N–H and O–H groups in total. The Bertz CT molecular complexity index is 724. The van der Waals surface area contributed by atoms with Gasteiger partial charge in [-0.15, -0.1) is 0 Å². The first-order chi connectivity index (χ1) is 11.9. The average molecular weight is 340 g/mol. The van der Waals surface area contributed by atoms with Crippen LogP contribution in [-0.4, -0.2) is 18.4 Å². The Morgan fingerprint density at radius 1 is 1.04 bits per heavy atom. The van der Waals surface area contributed by atoms with E-state index in [9.17, 15) is 9.59 Å². The Morgan fingerprint density at radius 3 is 2.40 bits per heavy atom. The van der Waals surface area contributed by atoms with Gasteiger partial charge in [0.1, 0.15) is 5.75 Å². The molecule has 0 aliphatic heterocycles. The Balaban J connectivity index is 1.83. The third-order valence-corrected chi connectivity index (χ3v) is 3.44. The molecule has 2 rings (SSSR count). The second-order valence-electron chi connectivity index (χ2n) is 6.36. The van der Waals surface area contributed by atoms with Crippen LogP contribution in [0, 0.1) is 12.8 Å². The summed E-state index contributed by atoms with van der Waals surface area (Å²) in [5.74, 6) is -0.183. The van der Waals surface area contributed by atoms with Gasteiger partial charge in [-0.2, -0.15) is 0 Å². The van der Waals surface area contributed by atoms with Crippen LogP contribution in [0.1, 0.15) is 25.0 Å². The Labute approximate surface area is 148 Å². The molecule has 0 saturated heterocycles. The van der Waals surface area contributed by atoms with Crippen molar-refractivity contribution < 1.29 is 14.3 Å². The molecular weight excluding hydrogens is 316 g/mol. The number of anilines is 1. The predicted molar refractivity (Wildman–Crippen MR) is 98.4 cm³/mol. The van der Waals surface area contributed by atoms with Gasteiger partial charge in [0.05, 0.1) is 6.61 Å². The lowest BCUT2D eigenvalue weighted by Crippen LogP contribution is -2.34. The Hall–Kier alpha value is -2.82. The van der Waals surface area contributed by atoms with Gasteiger partial charge < -0.3 is 15.4 Å². The smallest absolute Gasteiger partial charge is 0.313 e. The molecule has 25 heavy (non-hydrogen) atoms. The molecule has 0 radical (unpaired) electrons. The van der Waals surface area contributed by atoms with E-state index in [4.69, 9.17) is 4.74 Å². The molecule has 0 atom stereocenters. The number of amides is 2. The largest absolute Gasteiger partial charge is 0.493 e. The van der Waals surface area contributed by atoms with E-state index in [1.54, 1.807) is 24.3 Å². The summed E-state index contributed by atoms with van der Waals surface area (Å²) < 4.78 is 5.58. The van der Waals surface area contributed by atoms with E-state index in [0.717, 1.165) is 16.9 Å². The first-order valence-electron chi connectivity index (χ1n) is 8.31. The molecule has 0 spiro atoms. The quantitative estimate of drug-likeness (QED) is 0.793. The standard InChI is InChI=1S/C20H24N2O3/c1-14(2)13-25-18-9-7-17(8-10-18)22-20(24)19(23)21-12-16-6-4-5-15(3)11-16/h4-11,14H,12-13H2,1-3H3,(H,21,23)(H,22,24). The topological polar surface area (TPSA) is 67.4 Å². The van der Waals surface area contributed by atoms with Gasteiger partial charge in [-0.25, -0.2) is 0 Å². The van der Waals surface area contributed by atoms with Crippen LogP contribution in [0.15, 0.2) is 48.5 Å². The number of hydrogen-bond acceptors (Lipinski definition) is 3. The van der Waals surface area contributed by atoms with Crippen molar-refractivity contribution in [2.45, 2.75) is 27.3 Å². The number of hydrogen-bond donors (Lipinski definition) is 2. The number of carbonyl (C=O) groups is 2. The zero-order valence-electron chi connectivity index (χ0n) is 14.8. The number of nitrogens with one attached hydrogen (secondary N) is 2. The van der Waals surface area contributed by atoms with Crippen LogP contribution >= 0.6 is 0 Å². The van der Waals surface area contributed by atoms with E-state index in [1.807, 2.05) is 31.2 Å². The second kappa shape index (κ2) is 8.87. The molecule has 5 nitrogen and oxygen atoms in total. The summed E-state index contributed by atoms with van der Waals surface area (Å²) in [5.41, 5.74) is 2.61. The summed E-state index contributed by atoms with van der Waals surface area (Å²) in [6, 6.07) is 14.7. The SMILES string of the molecule is Cc1cccc(CNC(=O)C(=O)Nc2ccc(OCC(C)C)cc2)c1. The zero-order valence-corrected chi connectivity index (χ0v) is 14.8. The molecule has 2 aromatic rings. The maximum atomic E-state index is 11.9. The van der Waals surface area contributed by atoms with Crippen LogP contribution in [0.5, 0.6) is 5.75 Å². The summed E-state index contributed by atoms with van der Waals surface area (Å²) in [7, 11) is 0. The number of benzene rings is 2. The maximum absolute atomic E-state index is 11.9. The van der Waals surface area contributed by atoms with Crippen LogP contribution in [0.25, 0.3) is 0 Å². The van der Waals surface area contributed by atoms with E-state index in [1.165, 1.54) is 0 Å². The molecule has 0 unspecified atom stereocenters. The van der Waals surface area contributed by atoms with Gasteiger partial charge in [0.25, 0.3) is 0 Å². The molecular formula is C20H24N2O3. The van der Waals surface area contributed by atoms with Crippen LogP contribution in [0.3, 0.4) is 0 Å². The maximum Gasteiger partial charge on any atom is 0.313 e. The van der Waals surface area contributed by atoms with Gasteiger partial charge in [-0.05, 0) is 42.7 Å². The highest BCUT2D eigenvalue weighted by atomic mass is 16.5. The molecule has 0 bridgehead atoms. The summed E-state index contributed by atoms with van der Waals surface area (Å²) >= 11 is 0. The lowest BCUT2D eigenvalue weighted by Gasteiger charge is -2.10. The highest BCUT2D eigenvalue weighted by molar-refractivity contribution is 6.39. The van der Waals surface area contributed by atoms with E-state index in [2.05, 4.69) is 24.5 Å². The lowest BCUT2D eigenvalue weighted by atomic mass is 10.1. The van der Waals surface area contributed by atoms with Crippen LogP contribution < -0.4 is 15.4 Å². The number of carbonyl (C=O) groups excluding carboxylic acids is 2. The van der Waals surface area contributed by atoms with Crippen molar-refractivity contribution in [3.8, 4) is 5.75 Å². The minimum atomic E-state index is -0.691. The first-order valence-corrected chi connectivity index (χ1v) is 8.31. The molecule has 5 heteroatoms. The molecule has 0 aromatic heterocycles. The minimum absolute atomic E-state index is 0.315. The van der Waals surface area contributed by atoms with Crippen molar-refractivity contribution in [1.82, 2.24) is 5.32 Å². The lowest BCUT2D eigenvalue weighted by molar-refractivity contribution is -0.136. The van der Waals surface area contributed by atoms with Gasteiger partial charge in [0, 0.05) is 12.2 Å². The third kappa shape index (κ3) is 6.30. The van der Waals surface area contributed by atoms with Crippen LogP contribution in [0.2, 0.25) is 0 Å². The second-order valence-corrected chi connectivity index (χ2v) is 6.36. The van der Waals surface area contributed by atoms with E-state index < -0.39 is 11.8 Å². The first kappa shape index (κ1) is 18.5. The van der Waals surface area contributed by atoms with E-state index in [-0.39, 0.29) is 0 Å². The molecule has 132 valence electrons. The monoisotopic (exact) mass is 340 g/mol. The van der Waals surface area contributed by atoms with E-state index in [0.29, 0.717) is 24.8 Å². The minimum Gasteiger partial charge on any atom is -0.493 e. The molecule has 0 aliphatic rings. The average Bonchev–Trinajstić information content (AvgIpc) is 2.59. The highest BCUT2D eigenvalue weighted by Gasteiger charge is 2.13. The predicted octanol–water partition coefficient (Wildman–Crippen LogP) is 3.28. The van der Waals surface area contributed by atoms with Gasteiger partial charge in [0.2, 0.25) is 0 Å². The molecule has 0 fully saturated rings. The molecule has 0 aliphatic carbocycles. The van der Waals surface area contributed by atoms with Crippen molar-refractivity contribution in [3.05, 3.63) is 59.7 Å². The molecule has 2 amide bonds. The van der Waals surface area contributed by atoms with Gasteiger partial charge in [0.15, 0.2) is 0 Å². The zero-order chi connectivity index (χ0) is 18.2. The fourth-order valence-electron chi connectivity index (χ4n) is 2.17. The van der Waals surface area contributed by atoms with Crippen molar-refractivity contribution in [1.29, 1.82) is 0 Å². The van der Waals surface area contributed by atoms with Gasteiger partial charge >= 0.3 is 11.8 Å². The summed E-state index contributed by atoms with van der Waals surface area (Å²) in [5, 5.41) is 5.19. The van der Waals surface area contributed by atoms with Crippen LogP contribution in [0.4, 0.5) is 5.69 Å². The Kier molecular flexibility index (Phi) is 6.57. The number of rotatable bonds is 6. The highest BCUT2D eigenvalue weighted by Crippen LogP contribution is 2.16. The summed E-state index contributed by atoms with van der Waals surface area (Å²) in [6.45, 7) is 7.07. The third-order valence-electron chi connectivity index (χ3n) is 3.44. The molecule has 0 saturated carbocycles. The van der Waals surface area contributed by atoms with Gasteiger partial charge in [-0.1, -0.05) is 43.7 Å². The fraction of sp³-hybridized carbons (Fsp3) is 0.300. The van der Waals surface area contributed by atoms with Crippen molar-refractivity contribution in [2.24, 2.45) is 5.92 Å². The number of aryl methyl sites for hydroxylation is 1. The van der Waals surface area contributed by atoms with Crippen molar-refractivity contribution >= 4 is 17.5 Å². The van der Waals surface area contributed by atoms with E-state index >= 15 is 0 Å².